The van der Waals surface area contributed by atoms with Crippen LogP contribution in [-0.2, 0) is 9.47 Å². The van der Waals surface area contributed by atoms with Gasteiger partial charge in [0.1, 0.15) is 11.5 Å². The minimum Gasteiger partial charge on any atom is -0.506 e. The summed E-state index contributed by atoms with van der Waals surface area (Å²) in [6, 6.07) is 42.8. The number of rotatable bonds is 7. The summed E-state index contributed by atoms with van der Waals surface area (Å²) in [4.78, 5) is 20.9. The van der Waals surface area contributed by atoms with Crippen molar-refractivity contribution in [1.29, 1.82) is 0 Å². The van der Waals surface area contributed by atoms with Crippen LogP contribution in [0.2, 0.25) is 10.0 Å². The van der Waals surface area contributed by atoms with Gasteiger partial charge in [0.15, 0.2) is 0 Å². The molecule has 0 saturated carbocycles. The molecule has 5 rings (SSSR count). The molecule has 0 aliphatic rings. The van der Waals surface area contributed by atoms with Crippen molar-refractivity contribution in [2.24, 2.45) is 10.2 Å². The largest absolute Gasteiger partial charge is 0.506 e. The molecule has 294 valence electrons. The van der Waals surface area contributed by atoms with Gasteiger partial charge in [-0.2, -0.15) is 0 Å². The van der Waals surface area contributed by atoms with Crippen LogP contribution in [0, 0.1) is 0 Å². The van der Waals surface area contributed by atoms with Gasteiger partial charge in [-0.25, -0.2) is 9.59 Å². The molecule has 0 fully saturated rings. The van der Waals surface area contributed by atoms with E-state index < -0.39 is 20.1 Å². The van der Waals surface area contributed by atoms with Crippen LogP contribution in [0.25, 0.3) is 0 Å². The lowest BCUT2D eigenvalue weighted by Crippen LogP contribution is -2.20. The van der Waals surface area contributed by atoms with Crippen LogP contribution in [0.4, 0.5) is 9.59 Å². The number of azo groups is 1. The van der Waals surface area contributed by atoms with E-state index in [1.54, 1.807) is 32.0 Å². The Morgan fingerprint density at radius 2 is 1.02 bits per heavy atom. The molecule has 0 aromatic heterocycles. The van der Waals surface area contributed by atoms with Gasteiger partial charge < -0.3 is 19.3 Å². The Labute approximate surface area is 361 Å². The first kappa shape index (κ1) is 49.8. The van der Waals surface area contributed by atoms with E-state index in [0.29, 0.717) is 10.0 Å². The summed E-state index contributed by atoms with van der Waals surface area (Å²) in [5.41, 5.74) is 0. The van der Waals surface area contributed by atoms with E-state index in [0.717, 1.165) is 14.7 Å². The molecule has 5 aromatic rings. The van der Waals surface area contributed by atoms with Crippen molar-refractivity contribution in [3.05, 3.63) is 146 Å². The minimum atomic E-state index is -0.898. The zero-order valence-electron chi connectivity index (χ0n) is 30.4. The molecular formula is C40H41Br2Cl4N2O6P. The number of aromatic hydroxyl groups is 1. The molecule has 0 radical (unpaired) electrons. The molecule has 2 amide bonds. The smallest absolute Gasteiger partial charge is 0.452 e. The normalized spacial score (nSPS) is 9.96. The molecule has 8 nitrogen and oxygen atoms in total. The summed E-state index contributed by atoms with van der Waals surface area (Å²) < 4.78 is 16.0. The summed E-state index contributed by atoms with van der Waals surface area (Å²) in [5.74, 6) is 0.826. The second kappa shape index (κ2) is 30.0. The van der Waals surface area contributed by atoms with E-state index in [1.165, 1.54) is 15.9 Å². The van der Waals surface area contributed by atoms with Gasteiger partial charge in [0.2, 0.25) is 0 Å². The van der Waals surface area contributed by atoms with Gasteiger partial charge in [-0.3, -0.25) is 0 Å². The highest BCUT2D eigenvalue weighted by Crippen LogP contribution is 2.32. The lowest BCUT2D eigenvalue weighted by molar-refractivity contribution is 0.152. The number of phenolic OH excluding ortho intramolecular Hbond substituents is 1. The van der Waals surface area contributed by atoms with Crippen molar-refractivity contribution >= 4 is 114 Å². The Morgan fingerprint density at radius 1 is 0.655 bits per heavy atom. The number of alkyl halides is 2. The van der Waals surface area contributed by atoms with E-state index in [9.17, 15) is 9.59 Å². The van der Waals surface area contributed by atoms with Crippen LogP contribution < -0.4 is 20.7 Å². The average Bonchev–Trinajstić information content (AvgIpc) is 3.17. The molecule has 1 N–H and O–H groups in total. The number of carbonyl (C=O) groups is 2. The summed E-state index contributed by atoms with van der Waals surface area (Å²) in [7, 11) is -0.446. The second-order valence-electron chi connectivity index (χ2n) is 10.4. The number of carbonyl (C=O) groups excluding carboxylic acids is 2. The van der Waals surface area contributed by atoms with Crippen LogP contribution in [0.15, 0.2) is 147 Å². The summed E-state index contributed by atoms with van der Waals surface area (Å²) in [6.07, 6.45) is -1.65. The average molecular weight is 978 g/mol. The highest BCUT2D eigenvalue weighted by molar-refractivity contribution is 9.10. The fourth-order valence-corrected chi connectivity index (χ4v) is 7.15. The van der Waals surface area contributed by atoms with Crippen molar-refractivity contribution in [3.63, 3.8) is 0 Å². The molecule has 0 heterocycles. The predicted octanol–water partition coefficient (Wildman–Crippen LogP) is 13.3. The zero-order chi connectivity index (χ0) is 41.0. The molecule has 0 aliphatic carbocycles. The number of hydrogen-bond acceptors (Lipinski definition) is 6. The SMILES string of the molecule is CC(C)Oc1cc(Br)ccc1Cl.CCOC(=O)N=NC(=O)OCC.ClCCl.Oc1cc(Br)ccc1Cl.c1ccc(P(c2ccccc2)c2ccccc2)cc1. The monoisotopic (exact) mass is 974 g/mol. The second-order valence-corrected chi connectivity index (χ2v) is 16.1. The number of amides is 2. The maximum atomic E-state index is 10.5. The molecule has 0 atom stereocenters. The Balaban J connectivity index is 0.000000372. The number of nitrogens with zero attached hydrogens (tertiary/aromatic N) is 2. The standard InChI is InChI=1S/C18H15P.C9H10BrClO.C6H4BrClO.C6H10N2O4.CH2Cl2/c1-4-10-16(11-5-1)19(17-12-6-2-7-13-17)18-14-8-3-9-15-18;1-6(2)12-9-5-7(10)3-4-8(9)11;7-4-1-2-5(8)6(9)3-4;1-3-11-5(9)7-8-6(10)12-4-2;2-1-3/h1-15H;3-6H,1-2H3;1-3,9H;3-4H2,1-2H3;1H2. The molecule has 0 unspecified atom stereocenters. The zero-order valence-corrected chi connectivity index (χ0v) is 37.5. The first-order valence-corrected chi connectivity index (χ1v) is 21.2. The van der Waals surface area contributed by atoms with Gasteiger partial charge >= 0.3 is 12.2 Å². The van der Waals surface area contributed by atoms with Crippen molar-refractivity contribution in [3.8, 4) is 11.5 Å². The molecular weight excluding hydrogens is 937 g/mol. The summed E-state index contributed by atoms with van der Waals surface area (Å²) in [5, 5.41) is 20.2. The van der Waals surface area contributed by atoms with Crippen LogP contribution >= 0.6 is 86.2 Å². The summed E-state index contributed by atoms with van der Waals surface area (Å²) >= 11 is 27.5. The van der Waals surface area contributed by atoms with Crippen LogP contribution in [0.5, 0.6) is 11.5 Å². The van der Waals surface area contributed by atoms with Crippen LogP contribution in [0.1, 0.15) is 27.7 Å². The van der Waals surface area contributed by atoms with Crippen molar-refractivity contribution in [2.45, 2.75) is 33.8 Å². The molecule has 0 spiro atoms. The maximum Gasteiger partial charge on any atom is 0.452 e. The molecule has 55 heavy (non-hydrogen) atoms. The number of hydrogen-bond donors (Lipinski definition) is 1. The highest BCUT2D eigenvalue weighted by Gasteiger charge is 2.15. The third-order valence-corrected chi connectivity index (χ3v) is 10.0. The lowest BCUT2D eigenvalue weighted by Gasteiger charge is -2.18. The van der Waals surface area contributed by atoms with Gasteiger partial charge in [0.25, 0.3) is 0 Å². The third-order valence-electron chi connectivity index (χ3n) is 5.96. The van der Waals surface area contributed by atoms with E-state index in [-0.39, 0.29) is 30.4 Å². The summed E-state index contributed by atoms with van der Waals surface area (Å²) in [6.45, 7) is 7.57. The highest BCUT2D eigenvalue weighted by atomic mass is 79.9. The number of ether oxygens (including phenoxy) is 3. The first-order valence-electron chi connectivity index (χ1n) is 16.4. The van der Waals surface area contributed by atoms with Crippen molar-refractivity contribution in [2.75, 3.05) is 18.6 Å². The van der Waals surface area contributed by atoms with E-state index in [2.05, 4.69) is 143 Å². The maximum absolute atomic E-state index is 10.5. The van der Waals surface area contributed by atoms with Crippen LogP contribution in [0.3, 0.4) is 0 Å². The van der Waals surface area contributed by atoms with E-state index in [4.69, 9.17) is 56.2 Å². The first-order chi connectivity index (χ1) is 26.4. The van der Waals surface area contributed by atoms with Crippen LogP contribution in [-0.4, -0.2) is 41.9 Å². The fraction of sp³-hybridized carbons (Fsp3) is 0.200. The van der Waals surface area contributed by atoms with Gasteiger partial charge in [-0.05, 0) is 87.9 Å². The Hall–Kier alpha value is -3.21. The van der Waals surface area contributed by atoms with Crippen molar-refractivity contribution < 1.29 is 28.9 Å². The number of benzene rings is 5. The Kier molecular flexibility index (Phi) is 27.2. The molecule has 5 aromatic carbocycles. The quantitative estimate of drug-likeness (QED) is 0.0989. The molecule has 0 bridgehead atoms. The van der Waals surface area contributed by atoms with Gasteiger partial charge in [-0.1, -0.05) is 156 Å². The number of halogens is 6. The van der Waals surface area contributed by atoms with Gasteiger partial charge in [0.05, 0.1) is 34.7 Å². The van der Waals surface area contributed by atoms with Gasteiger partial charge in [-0.15, -0.1) is 23.2 Å². The Morgan fingerprint density at radius 3 is 1.35 bits per heavy atom. The third kappa shape index (κ3) is 22.2. The topological polar surface area (TPSA) is 107 Å². The molecule has 0 saturated heterocycles. The van der Waals surface area contributed by atoms with E-state index in [1.807, 2.05) is 32.0 Å². The lowest BCUT2D eigenvalue weighted by atomic mass is 10.3. The van der Waals surface area contributed by atoms with E-state index >= 15 is 0 Å². The molecule has 15 heteroatoms. The van der Waals surface area contributed by atoms with Crippen molar-refractivity contribution in [1.82, 2.24) is 0 Å². The number of phenols is 1. The van der Waals surface area contributed by atoms with Gasteiger partial charge in [0, 0.05) is 8.95 Å². The Bertz CT molecular complexity index is 1730. The molecule has 0 aliphatic heterocycles. The fourth-order valence-electron chi connectivity index (χ4n) is 3.87. The predicted molar refractivity (Wildman–Crippen MR) is 236 cm³/mol. The minimum absolute atomic E-state index is 0.103.